The molecule has 1 aliphatic rings. The number of thiophene rings is 1. The number of hydrogen-bond donors (Lipinski definition) is 2. The van der Waals surface area contributed by atoms with Gasteiger partial charge in [0.05, 0.1) is 12.7 Å². The highest BCUT2D eigenvalue weighted by Crippen LogP contribution is 2.41. The van der Waals surface area contributed by atoms with Crippen LogP contribution in [0.5, 0.6) is 0 Å². The van der Waals surface area contributed by atoms with Gasteiger partial charge in [0, 0.05) is 42.0 Å². The highest BCUT2D eigenvalue weighted by atomic mass is 32.2. The molecule has 1 aliphatic heterocycles. The zero-order chi connectivity index (χ0) is 28.8. The Morgan fingerprint density at radius 2 is 1.71 bits per heavy atom. The molecule has 2 amide bonds. The number of ether oxygens (including phenoxy) is 1. The maximum atomic E-state index is 13.9. The summed E-state index contributed by atoms with van der Waals surface area (Å²) >= 11 is 2.83. The van der Waals surface area contributed by atoms with Gasteiger partial charge in [0.2, 0.25) is 11.8 Å². The molecule has 0 aliphatic carbocycles. The molecule has 41 heavy (non-hydrogen) atoms. The Labute approximate surface area is 247 Å². The number of hydrogen-bond acceptors (Lipinski definition) is 7. The van der Waals surface area contributed by atoms with Crippen molar-refractivity contribution in [1.82, 2.24) is 4.90 Å². The Morgan fingerprint density at radius 1 is 0.976 bits per heavy atom. The lowest BCUT2D eigenvalue weighted by Gasteiger charge is -2.27. The number of fused-ring (bicyclic) bond motifs is 1. The fourth-order valence-electron chi connectivity index (χ4n) is 4.90. The Balaban J connectivity index is 1.41. The third kappa shape index (κ3) is 7.05. The van der Waals surface area contributed by atoms with E-state index in [1.807, 2.05) is 72.8 Å². The van der Waals surface area contributed by atoms with Crippen molar-refractivity contribution in [2.45, 2.75) is 36.6 Å². The Morgan fingerprint density at radius 3 is 2.41 bits per heavy atom. The second kappa shape index (κ2) is 13.2. The number of nitrogens with zero attached hydrogens (tertiary/aromatic N) is 1. The van der Waals surface area contributed by atoms with E-state index >= 15 is 0 Å². The van der Waals surface area contributed by atoms with Crippen LogP contribution in [-0.2, 0) is 33.8 Å². The van der Waals surface area contributed by atoms with E-state index in [1.54, 1.807) is 0 Å². The number of thioether (sulfide) groups is 1. The van der Waals surface area contributed by atoms with E-state index in [0.717, 1.165) is 34.0 Å². The predicted octanol–water partition coefficient (Wildman–Crippen LogP) is 6.52. The minimum Gasteiger partial charge on any atom is -0.465 e. The second-order valence-corrected chi connectivity index (χ2v) is 12.0. The predicted molar refractivity (Wildman–Crippen MR) is 164 cm³/mol. The van der Waals surface area contributed by atoms with Crippen molar-refractivity contribution < 1.29 is 19.1 Å². The summed E-state index contributed by atoms with van der Waals surface area (Å²) in [5, 5.41) is 5.80. The molecule has 9 heteroatoms. The normalized spacial score (nSPS) is 13.6. The van der Waals surface area contributed by atoms with Gasteiger partial charge in [0.25, 0.3) is 0 Å². The Kier molecular flexibility index (Phi) is 9.18. The highest BCUT2D eigenvalue weighted by Gasteiger charge is 2.31. The molecule has 2 N–H and O–H groups in total. The molecule has 7 nitrogen and oxygen atoms in total. The van der Waals surface area contributed by atoms with Crippen LogP contribution in [0.2, 0.25) is 0 Å². The minimum absolute atomic E-state index is 0.163. The van der Waals surface area contributed by atoms with Crippen LogP contribution in [0.25, 0.3) is 0 Å². The number of amides is 2. The number of methoxy groups -OCH3 is 1. The Hall–Kier alpha value is -3.92. The summed E-state index contributed by atoms with van der Waals surface area (Å²) in [4.78, 5) is 42.7. The molecule has 210 valence electrons. The molecule has 0 bridgehead atoms. The van der Waals surface area contributed by atoms with Crippen molar-refractivity contribution in [3.05, 3.63) is 112 Å². The van der Waals surface area contributed by atoms with E-state index in [2.05, 4.69) is 27.7 Å². The largest absolute Gasteiger partial charge is 0.465 e. The Bertz CT molecular complexity index is 1540. The fraction of sp³-hybridized carbons (Fsp3) is 0.219. The molecular weight excluding hydrogens is 555 g/mol. The van der Waals surface area contributed by atoms with Gasteiger partial charge >= 0.3 is 5.97 Å². The SMILES string of the molecule is COC(=O)c1c(NC(=O)C(Sc2cccc(NC(C)=O)c2)c2ccccc2)sc2c1CCN(Cc1ccccc1)C2. The molecule has 0 radical (unpaired) electrons. The van der Waals surface area contributed by atoms with Crippen molar-refractivity contribution in [2.24, 2.45) is 0 Å². The van der Waals surface area contributed by atoms with Gasteiger partial charge in [-0.1, -0.05) is 66.7 Å². The molecule has 4 aromatic rings. The number of benzene rings is 3. The maximum absolute atomic E-state index is 13.9. The first kappa shape index (κ1) is 28.6. The summed E-state index contributed by atoms with van der Waals surface area (Å²) in [5.74, 6) is -0.846. The lowest BCUT2D eigenvalue weighted by Crippen LogP contribution is -2.29. The van der Waals surface area contributed by atoms with Crippen LogP contribution in [0.15, 0.2) is 89.8 Å². The number of anilines is 2. The van der Waals surface area contributed by atoms with Gasteiger partial charge in [-0.3, -0.25) is 14.5 Å². The monoisotopic (exact) mass is 585 g/mol. The molecule has 0 spiro atoms. The van der Waals surface area contributed by atoms with Crippen molar-refractivity contribution >= 4 is 51.6 Å². The van der Waals surface area contributed by atoms with Crippen LogP contribution in [0.1, 0.15) is 44.1 Å². The first-order valence-electron chi connectivity index (χ1n) is 13.3. The van der Waals surface area contributed by atoms with Crippen LogP contribution in [0.3, 0.4) is 0 Å². The average Bonchev–Trinajstić information content (AvgIpc) is 3.33. The summed E-state index contributed by atoms with van der Waals surface area (Å²) in [6.07, 6.45) is 0.700. The molecule has 2 heterocycles. The highest BCUT2D eigenvalue weighted by molar-refractivity contribution is 8.00. The molecule has 5 rings (SSSR count). The van der Waals surface area contributed by atoms with E-state index in [0.29, 0.717) is 29.2 Å². The van der Waals surface area contributed by atoms with Crippen molar-refractivity contribution in [3.8, 4) is 0 Å². The summed E-state index contributed by atoms with van der Waals surface area (Å²) < 4.78 is 5.15. The number of carbonyl (C=O) groups excluding carboxylic acids is 3. The molecule has 0 saturated heterocycles. The lowest BCUT2D eigenvalue weighted by molar-refractivity contribution is -0.116. The van der Waals surface area contributed by atoms with Gasteiger partial charge in [-0.15, -0.1) is 23.1 Å². The van der Waals surface area contributed by atoms with Crippen LogP contribution in [-0.4, -0.2) is 36.3 Å². The van der Waals surface area contributed by atoms with Gasteiger partial charge < -0.3 is 15.4 Å². The topological polar surface area (TPSA) is 87.7 Å². The summed E-state index contributed by atoms with van der Waals surface area (Å²) in [6.45, 7) is 3.78. The zero-order valence-corrected chi connectivity index (χ0v) is 24.5. The smallest absolute Gasteiger partial charge is 0.341 e. The zero-order valence-electron chi connectivity index (χ0n) is 22.9. The molecule has 1 atom stereocenters. The maximum Gasteiger partial charge on any atom is 0.341 e. The van der Waals surface area contributed by atoms with Crippen molar-refractivity contribution in [1.29, 1.82) is 0 Å². The van der Waals surface area contributed by atoms with Gasteiger partial charge in [0.15, 0.2) is 0 Å². The molecule has 1 unspecified atom stereocenters. The molecule has 1 aromatic heterocycles. The van der Waals surface area contributed by atoms with Gasteiger partial charge in [0.1, 0.15) is 10.3 Å². The van der Waals surface area contributed by atoms with Crippen molar-refractivity contribution in [3.63, 3.8) is 0 Å². The molecule has 0 saturated carbocycles. The van der Waals surface area contributed by atoms with E-state index in [4.69, 9.17) is 4.74 Å². The first-order valence-corrected chi connectivity index (χ1v) is 15.0. The van der Waals surface area contributed by atoms with Gasteiger partial charge in [-0.2, -0.15) is 0 Å². The van der Waals surface area contributed by atoms with Crippen molar-refractivity contribution in [2.75, 3.05) is 24.3 Å². The first-order chi connectivity index (χ1) is 19.9. The van der Waals surface area contributed by atoms with Gasteiger partial charge in [-0.05, 0) is 41.3 Å². The van der Waals surface area contributed by atoms with Crippen LogP contribution in [0.4, 0.5) is 10.7 Å². The number of nitrogens with one attached hydrogen (secondary N) is 2. The quantitative estimate of drug-likeness (QED) is 0.172. The second-order valence-electron chi connectivity index (χ2n) is 9.75. The summed E-state index contributed by atoms with van der Waals surface area (Å²) in [6, 6.07) is 27.3. The fourth-order valence-corrected chi connectivity index (χ4v) is 7.27. The van der Waals surface area contributed by atoms with E-state index in [-0.39, 0.29) is 11.8 Å². The number of rotatable bonds is 9. The average molecular weight is 586 g/mol. The van der Waals surface area contributed by atoms with Crippen LogP contribution in [0, 0.1) is 0 Å². The van der Waals surface area contributed by atoms with Crippen LogP contribution < -0.4 is 10.6 Å². The van der Waals surface area contributed by atoms with E-state index < -0.39 is 11.2 Å². The third-order valence-corrected chi connectivity index (χ3v) is 9.14. The lowest BCUT2D eigenvalue weighted by atomic mass is 10.0. The van der Waals surface area contributed by atoms with Crippen LogP contribution >= 0.6 is 23.1 Å². The number of carbonyl (C=O) groups is 3. The number of esters is 1. The van der Waals surface area contributed by atoms with Gasteiger partial charge in [-0.25, -0.2) is 4.79 Å². The standard InChI is InChI=1S/C32H31N3O4S2/c1-21(36)33-24-14-9-15-25(18-24)40-29(23-12-7-4-8-13-23)30(37)34-31-28(32(38)39-2)26-16-17-35(20-27(26)41-31)19-22-10-5-3-6-11-22/h3-15,18,29H,16-17,19-20H2,1-2H3,(H,33,36)(H,34,37). The van der Waals surface area contributed by atoms with E-state index in [9.17, 15) is 14.4 Å². The molecule has 0 fully saturated rings. The molecular formula is C32H31N3O4S2. The third-order valence-electron chi connectivity index (χ3n) is 6.76. The summed E-state index contributed by atoms with van der Waals surface area (Å²) in [5.41, 5.74) is 4.13. The minimum atomic E-state index is -0.594. The summed E-state index contributed by atoms with van der Waals surface area (Å²) in [7, 11) is 1.37. The molecule has 3 aromatic carbocycles. The van der Waals surface area contributed by atoms with E-state index in [1.165, 1.54) is 42.7 Å².